The van der Waals surface area contributed by atoms with Gasteiger partial charge in [0.25, 0.3) is 5.91 Å². The molecule has 2 aromatic rings. The maximum atomic E-state index is 13.2. The predicted octanol–water partition coefficient (Wildman–Crippen LogP) is 2.98. The zero-order valence-electron chi connectivity index (χ0n) is 11.2. The highest BCUT2D eigenvalue weighted by Gasteiger charge is 2.28. The SMILES string of the molecule is O=C(O)C1CCN(C(=O)c2cc3ccc(F)cc3s2)CC1. The molecule has 3 rings (SSSR count). The summed E-state index contributed by atoms with van der Waals surface area (Å²) >= 11 is 1.27. The molecular weight excluding hydrogens is 293 g/mol. The van der Waals surface area contributed by atoms with Crippen molar-refractivity contribution >= 4 is 33.3 Å². The van der Waals surface area contributed by atoms with Gasteiger partial charge in [0, 0.05) is 17.8 Å². The van der Waals surface area contributed by atoms with Crippen LogP contribution in [0.4, 0.5) is 4.39 Å². The fourth-order valence-corrected chi connectivity index (χ4v) is 3.65. The van der Waals surface area contributed by atoms with E-state index in [-0.39, 0.29) is 17.6 Å². The molecule has 4 nitrogen and oxygen atoms in total. The molecular formula is C15H14FNO3S. The monoisotopic (exact) mass is 307 g/mol. The fourth-order valence-electron chi connectivity index (χ4n) is 2.60. The molecule has 1 saturated heterocycles. The summed E-state index contributed by atoms with van der Waals surface area (Å²) < 4.78 is 13.9. The van der Waals surface area contributed by atoms with Gasteiger partial charge in [0.2, 0.25) is 0 Å². The average molecular weight is 307 g/mol. The zero-order valence-corrected chi connectivity index (χ0v) is 12.0. The number of aliphatic carboxylic acids is 1. The maximum Gasteiger partial charge on any atom is 0.306 e. The number of amides is 1. The first-order chi connectivity index (χ1) is 10.0. The molecule has 1 N–H and O–H groups in total. The topological polar surface area (TPSA) is 57.6 Å². The van der Waals surface area contributed by atoms with Gasteiger partial charge in [-0.2, -0.15) is 0 Å². The first kappa shape index (κ1) is 14.0. The van der Waals surface area contributed by atoms with Crippen molar-refractivity contribution in [1.29, 1.82) is 0 Å². The van der Waals surface area contributed by atoms with Crippen LogP contribution in [0.5, 0.6) is 0 Å². The smallest absolute Gasteiger partial charge is 0.306 e. The standard InChI is InChI=1S/C15H14FNO3S/c16-11-2-1-10-7-13(21-12(10)8-11)14(18)17-5-3-9(4-6-17)15(19)20/h1-2,7-9H,3-6H2,(H,19,20). The van der Waals surface area contributed by atoms with Crippen LogP contribution in [0.15, 0.2) is 24.3 Å². The van der Waals surface area contributed by atoms with Crippen LogP contribution in [0, 0.1) is 11.7 Å². The van der Waals surface area contributed by atoms with Gasteiger partial charge in [-0.05, 0) is 36.4 Å². The molecule has 1 fully saturated rings. The predicted molar refractivity (Wildman–Crippen MR) is 78.0 cm³/mol. The highest BCUT2D eigenvalue weighted by Crippen LogP contribution is 2.28. The summed E-state index contributed by atoms with van der Waals surface area (Å²) in [5.41, 5.74) is 0. The van der Waals surface area contributed by atoms with E-state index in [0.29, 0.717) is 30.8 Å². The number of likely N-dealkylation sites (tertiary alicyclic amines) is 1. The van der Waals surface area contributed by atoms with Crippen molar-refractivity contribution < 1.29 is 19.1 Å². The second-order valence-corrected chi connectivity index (χ2v) is 6.28. The maximum absolute atomic E-state index is 13.2. The Morgan fingerprint density at radius 1 is 1.24 bits per heavy atom. The number of fused-ring (bicyclic) bond motifs is 1. The Labute approximate surface area is 124 Å². The number of carboxylic acid groups (broad SMARTS) is 1. The van der Waals surface area contributed by atoms with Crippen molar-refractivity contribution in [3.8, 4) is 0 Å². The second-order valence-electron chi connectivity index (χ2n) is 5.20. The number of hydrogen-bond donors (Lipinski definition) is 1. The van der Waals surface area contributed by atoms with Crippen molar-refractivity contribution in [2.45, 2.75) is 12.8 Å². The Morgan fingerprint density at radius 2 is 1.95 bits per heavy atom. The summed E-state index contributed by atoms with van der Waals surface area (Å²) in [6.45, 7) is 0.914. The number of carboxylic acids is 1. The van der Waals surface area contributed by atoms with Crippen molar-refractivity contribution in [2.24, 2.45) is 5.92 Å². The van der Waals surface area contributed by atoms with Crippen LogP contribution in [0.1, 0.15) is 22.5 Å². The third-order valence-corrected chi connectivity index (χ3v) is 4.91. The van der Waals surface area contributed by atoms with Crippen LogP contribution in [0.2, 0.25) is 0 Å². The van der Waals surface area contributed by atoms with E-state index in [1.54, 1.807) is 17.0 Å². The van der Waals surface area contributed by atoms with Crippen LogP contribution in [-0.2, 0) is 4.79 Å². The summed E-state index contributed by atoms with van der Waals surface area (Å²) in [6, 6.07) is 6.23. The minimum absolute atomic E-state index is 0.0968. The van der Waals surface area contributed by atoms with Gasteiger partial charge in [0.05, 0.1) is 10.8 Å². The molecule has 1 aromatic heterocycles. The number of carbonyl (C=O) groups excluding carboxylic acids is 1. The number of hydrogen-bond acceptors (Lipinski definition) is 3. The van der Waals surface area contributed by atoms with E-state index in [2.05, 4.69) is 0 Å². The number of benzene rings is 1. The molecule has 110 valence electrons. The molecule has 0 aliphatic carbocycles. The van der Waals surface area contributed by atoms with Gasteiger partial charge >= 0.3 is 5.97 Å². The number of thiophene rings is 1. The van der Waals surface area contributed by atoms with Gasteiger partial charge in [-0.1, -0.05) is 6.07 Å². The van der Waals surface area contributed by atoms with Crippen LogP contribution in [0.3, 0.4) is 0 Å². The van der Waals surface area contributed by atoms with Crippen LogP contribution in [-0.4, -0.2) is 35.0 Å². The molecule has 0 bridgehead atoms. The largest absolute Gasteiger partial charge is 0.481 e. The normalized spacial score (nSPS) is 16.3. The van der Waals surface area contributed by atoms with E-state index in [9.17, 15) is 14.0 Å². The molecule has 0 radical (unpaired) electrons. The lowest BCUT2D eigenvalue weighted by Crippen LogP contribution is -2.39. The molecule has 1 amide bonds. The number of nitrogens with zero attached hydrogens (tertiary/aromatic N) is 1. The second kappa shape index (κ2) is 5.44. The van der Waals surface area contributed by atoms with Gasteiger partial charge in [-0.3, -0.25) is 9.59 Å². The summed E-state index contributed by atoms with van der Waals surface area (Å²) in [4.78, 5) is 25.6. The van der Waals surface area contributed by atoms with Crippen molar-refractivity contribution in [3.63, 3.8) is 0 Å². The van der Waals surface area contributed by atoms with Crippen LogP contribution in [0.25, 0.3) is 10.1 Å². The molecule has 0 atom stereocenters. The first-order valence-corrected chi connectivity index (χ1v) is 7.57. The van der Waals surface area contributed by atoms with Gasteiger partial charge in [-0.25, -0.2) is 4.39 Å². The van der Waals surface area contributed by atoms with Gasteiger partial charge < -0.3 is 10.0 Å². The lowest BCUT2D eigenvalue weighted by Gasteiger charge is -2.29. The Morgan fingerprint density at radius 3 is 2.62 bits per heavy atom. The van der Waals surface area contributed by atoms with E-state index < -0.39 is 5.97 Å². The van der Waals surface area contributed by atoms with E-state index in [1.165, 1.54) is 23.5 Å². The fraction of sp³-hybridized carbons (Fsp3) is 0.333. The lowest BCUT2D eigenvalue weighted by molar-refractivity contribution is -0.143. The Kier molecular flexibility index (Phi) is 3.63. The van der Waals surface area contributed by atoms with E-state index >= 15 is 0 Å². The van der Waals surface area contributed by atoms with Gasteiger partial charge in [0.1, 0.15) is 5.82 Å². The third-order valence-electron chi connectivity index (χ3n) is 3.82. The Balaban J connectivity index is 1.76. The first-order valence-electron chi connectivity index (χ1n) is 6.76. The van der Waals surface area contributed by atoms with E-state index in [1.807, 2.05) is 0 Å². The Bertz CT molecular complexity index is 704. The number of halogens is 1. The average Bonchev–Trinajstić information content (AvgIpc) is 2.89. The van der Waals surface area contributed by atoms with Crippen molar-refractivity contribution in [3.05, 3.63) is 35.0 Å². The minimum Gasteiger partial charge on any atom is -0.481 e. The van der Waals surface area contributed by atoms with E-state index in [0.717, 1.165) is 10.1 Å². The molecule has 1 aliphatic heterocycles. The van der Waals surface area contributed by atoms with Crippen LogP contribution >= 0.6 is 11.3 Å². The number of rotatable bonds is 2. The molecule has 0 saturated carbocycles. The van der Waals surface area contributed by atoms with Gasteiger partial charge in [-0.15, -0.1) is 11.3 Å². The molecule has 21 heavy (non-hydrogen) atoms. The summed E-state index contributed by atoms with van der Waals surface area (Å²) in [7, 11) is 0. The van der Waals surface area contributed by atoms with Gasteiger partial charge in [0.15, 0.2) is 0 Å². The van der Waals surface area contributed by atoms with Crippen molar-refractivity contribution in [2.75, 3.05) is 13.1 Å². The molecule has 0 unspecified atom stereocenters. The molecule has 1 aromatic carbocycles. The molecule has 2 heterocycles. The molecule has 0 spiro atoms. The number of piperidine rings is 1. The Hall–Kier alpha value is -1.95. The van der Waals surface area contributed by atoms with Crippen molar-refractivity contribution in [1.82, 2.24) is 4.90 Å². The quantitative estimate of drug-likeness (QED) is 0.928. The summed E-state index contributed by atoms with van der Waals surface area (Å²) in [5.74, 6) is -1.56. The molecule has 1 aliphatic rings. The minimum atomic E-state index is -0.792. The summed E-state index contributed by atoms with van der Waals surface area (Å²) in [5, 5.41) is 9.82. The number of carbonyl (C=O) groups is 2. The highest BCUT2D eigenvalue weighted by molar-refractivity contribution is 7.20. The third kappa shape index (κ3) is 2.76. The lowest BCUT2D eigenvalue weighted by atomic mass is 9.97. The summed E-state index contributed by atoms with van der Waals surface area (Å²) in [6.07, 6.45) is 0.973. The van der Waals surface area contributed by atoms with E-state index in [4.69, 9.17) is 5.11 Å². The highest BCUT2D eigenvalue weighted by atomic mass is 32.1. The molecule has 6 heteroatoms. The zero-order chi connectivity index (χ0) is 15.0. The van der Waals surface area contributed by atoms with Crippen LogP contribution < -0.4 is 0 Å².